The number of hydrogen-bond donors (Lipinski definition) is 1. The molecule has 0 aromatic heterocycles. The summed E-state index contributed by atoms with van der Waals surface area (Å²) >= 11 is 5.87. The molecule has 0 saturated carbocycles. The van der Waals surface area contributed by atoms with E-state index >= 15 is 0 Å². The predicted octanol–water partition coefficient (Wildman–Crippen LogP) is 4.31. The quantitative estimate of drug-likeness (QED) is 0.739. The fraction of sp³-hybridized carbons (Fsp3) is 0.263. The molecule has 3 rings (SSSR count). The molecule has 1 heterocycles. The van der Waals surface area contributed by atoms with Crippen molar-refractivity contribution < 1.29 is 31.2 Å². The van der Waals surface area contributed by atoms with E-state index in [4.69, 9.17) is 11.6 Å². The monoisotopic (exact) mass is 460 g/mol. The molecule has 0 unspecified atom stereocenters. The summed E-state index contributed by atoms with van der Waals surface area (Å²) in [4.78, 5) is 24.8. The molecule has 11 heteroatoms. The van der Waals surface area contributed by atoms with Crippen molar-refractivity contribution in [3.8, 4) is 0 Å². The second kappa shape index (κ2) is 7.28. The first kappa shape index (κ1) is 22.1. The summed E-state index contributed by atoms with van der Waals surface area (Å²) in [5.41, 5.74) is -2.16. The van der Waals surface area contributed by atoms with Gasteiger partial charge in [0.15, 0.2) is 0 Å². The Morgan fingerprint density at radius 2 is 1.73 bits per heavy atom. The van der Waals surface area contributed by atoms with Gasteiger partial charge in [0.1, 0.15) is 0 Å². The molecule has 2 aromatic rings. The lowest BCUT2D eigenvalue weighted by atomic mass is 9.95. The van der Waals surface area contributed by atoms with Crippen molar-refractivity contribution in [3.05, 3.63) is 58.6 Å². The second-order valence-electron chi connectivity index (χ2n) is 7.40. The fourth-order valence-electron chi connectivity index (χ4n) is 3.00. The van der Waals surface area contributed by atoms with Crippen molar-refractivity contribution in [2.24, 2.45) is 5.41 Å². The lowest BCUT2D eigenvalue weighted by Crippen LogP contribution is -2.32. The van der Waals surface area contributed by atoms with E-state index < -0.39 is 39.0 Å². The van der Waals surface area contributed by atoms with Crippen molar-refractivity contribution >= 4 is 44.8 Å². The van der Waals surface area contributed by atoms with E-state index in [2.05, 4.69) is 5.32 Å². The van der Waals surface area contributed by atoms with Crippen molar-refractivity contribution in [2.75, 3.05) is 15.4 Å². The van der Waals surface area contributed by atoms with Crippen molar-refractivity contribution in [1.82, 2.24) is 0 Å². The number of nitrogens with one attached hydrogen (secondary N) is 1. The number of nitrogens with zero attached hydrogens (tertiary/aromatic N) is 1. The first-order valence-corrected chi connectivity index (χ1v) is 10.6. The van der Waals surface area contributed by atoms with Gasteiger partial charge in [0, 0.05) is 5.56 Å². The van der Waals surface area contributed by atoms with Crippen LogP contribution in [0, 0.1) is 5.41 Å². The van der Waals surface area contributed by atoms with Gasteiger partial charge in [-0.05, 0) is 56.3 Å². The van der Waals surface area contributed by atoms with Gasteiger partial charge in [-0.25, -0.2) is 12.7 Å². The molecule has 30 heavy (non-hydrogen) atoms. The first-order chi connectivity index (χ1) is 13.7. The summed E-state index contributed by atoms with van der Waals surface area (Å²) in [6.45, 7) is 3.04. The Morgan fingerprint density at radius 3 is 2.23 bits per heavy atom. The summed E-state index contributed by atoms with van der Waals surface area (Å²) in [5.74, 6) is -1.68. The third kappa shape index (κ3) is 4.15. The summed E-state index contributed by atoms with van der Waals surface area (Å²) in [5, 5.41) is 2.22. The minimum atomic E-state index is -4.60. The zero-order chi connectivity index (χ0) is 22.5. The molecule has 160 valence electrons. The Morgan fingerprint density at radius 1 is 1.13 bits per heavy atom. The van der Waals surface area contributed by atoms with Crippen molar-refractivity contribution in [1.29, 1.82) is 0 Å². The average molecular weight is 461 g/mol. The van der Waals surface area contributed by atoms with Crippen LogP contribution in [0.2, 0.25) is 5.02 Å². The molecule has 2 aromatic carbocycles. The largest absolute Gasteiger partial charge is 0.416 e. The molecule has 0 aliphatic carbocycles. The number of carbonyl (C=O) groups excluding carboxylic acids is 2. The number of anilines is 2. The van der Waals surface area contributed by atoms with E-state index in [1.807, 2.05) is 0 Å². The highest BCUT2D eigenvalue weighted by molar-refractivity contribution is 7.94. The summed E-state index contributed by atoms with van der Waals surface area (Å²) in [7, 11) is -3.84. The molecule has 0 atom stereocenters. The Balaban J connectivity index is 1.84. The molecule has 2 amide bonds. The number of halogens is 4. The maximum Gasteiger partial charge on any atom is 0.416 e. The molecule has 0 spiro atoms. The van der Waals surface area contributed by atoms with Gasteiger partial charge < -0.3 is 5.32 Å². The number of carbonyl (C=O) groups is 2. The van der Waals surface area contributed by atoms with Crippen LogP contribution in [0.1, 0.15) is 29.8 Å². The smallest absolute Gasteiger partial charge is 0.321 e. The Labute approximate surface area is 175 Å². The Kier molecular flexibility index (Phi) is 5.36. The SMILES string of the molecule is CC1(C)CS(=O)(=O)N(c2ccc(C(=O)Nc3cc(C(F)(F)F)ccc3Cl)cc2)C1=O. The summed E-state index contributed by atoms with van der Waals surface area (Å²) in [6.07, 6.45) is -4.60. The van der Waals surface area contributed by atoms with Crippen molar-refractivity contribution in [2.45, 2.75) is 20.0 Å². The second-order valence-corrected chi connectivity index (χ2v) is 9.63. The molecular weight excluding hydrogens is 445 g/mol. The van der Waals surface area contributed by atoms with Crippen LogP contribution < -0.4 is 9.62 Å². The first-order valence-electron chi connectivity index (χ1n) is 8.58. The minimum absolute atomic E-state index is 0.0375. The maximum absolute atomic E-state index is 12.9. The van der Waals surface area contributed by atoms with E-state index in [0.29, 0.717) is 10.4 Å². The highest BCUT2D eigenvalue weighted by atomic mass is 35.5. The van der Waals surface area contributed by atoms with Gasteiger partial charge in [-0.3, -0.25) is 9.59 Å². The van der Waals surface area contributed by atoms with Crippen LogP contribution in [0.5, 0.6) is 0 Å². The zero-order valence-electron chi connectivity index (χ0n) is 15.7. The van der Waals surface area contributed by atoms with Gasteiger partial charge in [0.2, 0.25) is 15.9 Å². The van der Waals surface area contributed by atoms with Crippen LogP contribution in [0.25, 0.3) is 0 Å². The molecule has 1 saturated heterocycles. The van der Waals surface area contributed by atoms with E-state index in [9.17, 15) is 31.2 Å². The number of rotatable bonds is 3. The van der Waals surface area contributed by atoms with Gasteiger partial charge in [-0.15, -0.1) is 0 Å². The van der Waals surface area contributed by atoms with Gasteiger partial charge in [0.05, 0.1) is 33.1 Å². The summed E-state index contributed by atoms with van der Waals surface area (Å²) in [6, 6.07) is 7.61. The molecule has 0 radical (unpaired) electrons. The van der Waals surface area contributed by atoms with Crippen molar-refractivity contribution in [3.63, 3.8) is 0 Å². The lowest BCUT2D eigenvalue weighted by molar-refractivity contribution is -0.137. The van der Waals surface area contributed by atoms with Gasteiger partial charge in [0.25, 0.3) is 5.91 Å². The molecule has 1 aliphatic heterocycles. The van der Waals surface area contributed by atoms with E-state index in [-0.39, 0.29) is 27.7 Å². The molecule has 1 aliphatic rings. The van der Waals surface area contributed by atoms with Gasteiger partial charge in [-0.1, -0.05) is 11.6 Å². The molecule has 6 nitrogen and oxygen atoms in total. The van der Waals surface area contributed by atoms with Crippen LogP contribution in [0.15, 0.2) is 42.5 Å². The van der Waals surface area contributed by atoms with Gasteiger partial charge >= 0.3 is 6.18 Å². The molecule has 1 N–H and O–H groups in total. The standard InChI is InChI=1S/C19H16ClF3N2O4S/c1-18(2)10-30(28,29)25(17(18)27)13-6-3-11(4-7-13)16(26)24-15-9-12(19(21,22)23)5-8-14(15)20/h3-9H,10H2,1-2H3,(H,24,26). The average Bonchev–Trinajstić information content (AvgIpc) is 2.78. The van der Waals surface area contributed by atoms with E-state index in [0.717, 1.165) is 12.1 Å². The molecule has 1 fully saturated rings. The minimum Gasteiger partial charge on any atom is -0.321 e. The fourth-order valence-corrected chi connectivity index (χ4v) is 5.27. The normalized spacial score (nSPS) is 17.8. The van der Waals surface area contributed by atoms with Crippen LogP contribution in [0.4, 0.5) is 24.5 Å². The third-order valence-corrected chi connectivity index (χ3v) is 6.84. The number of hydrogen-bond acceptors (Lipinski definition) is 4. The predicted molar refractivity (Wildman–Crippen MR) is 106 cm³/mol. The Hall–Kier alpha value is -2.59. The van der Waals surface area contributed by atoms with E-state index in [1.54, 1.807) is 0 Å². The molecule has 0 bridgehead atoms. The number of benzene rings is 2. The molecular formula is C19H16ClF3N2O4S. The van der Waals surface area contributed by atoms with Crippen LogP contribution in [-0.4, -0.2) is 26.0 Å². The number of amides is 2. The number of sulfonamides is 1. The highest BCUT2D eigenvalue weighted by Crippen LogP contribution is 2.36. The summed E-state index contributed by atoms with van der Waals surface area (Å²) < 4.78 is 63.9. The highest BCUT2D eigenvalue weighted by Gasteiger charge is 2.49. The maximum atomic E-state index is 12.9. The van der Waals surface area contributed by atoms with Crippen LogP contribution in [0.3, 0.4) is 0 Å². The topological polar surface area (TPSA) is 83.6 Å². The lowest BCUT2D eigenvalue weighted by Gasteiger charge is -2.17. The van der Waals surface area contributed by atoms with Gasteiger partial charge in [-0.2, -0.15) is 13.2 Å². The Bertz CT molecular complexity index is 1130. The van der Waals surface area contributed by atoms with E-state index in [1.165, 1.54) is 38.1 Å². The number of alkyl halides is 3. The zero-order valence-corrected chi connectivity index (χ0v) is 17.3. The third-order valence-electron chi connectivity index (χ3n) is 4.49. The van der Waals surface area contributed by atoms with Crippen LogP contribution >= 0.6 is 11.6 Å². The van der Waals surface area contributed by atoms with Crippen LogP contribution in [-0.2, 0) is 21.0 Å².